The first kappa shape index (κ1) is 19.7. The summed E-state index contributed by atoms with van der Waals surface area (Å²) in [6.07, 6.45) is 4.94. The van der Waals surface area contributed by atoms with Crippen molar-refractivity contribution in [3.63, 3.8) is 0 Å². The molecule has 2 aromatic heterocycles. The van der Waals surface area contributed by atoms with Crippen molar-refractivity contribution in [1.29, 1.82) is 0 Å². The molecule has 0 fully saturated rings. The van der Waals surface area contributed by atoms with E-state index in [0.717, 1.165) is 34.8 Å². The number of rotatable bonds is 7. The van der Waals surface area contributed by atoms with Crippen LogP contribution in [0.25, 0.3) is 22.5 Å². The zero-order valence-electron chi connectivity index (χ0n) is 17.4. The minimum atomic E-state index is 0.306. The molecule has 0 aliphatic carbocycles. The molecule has 152 valence electrons. The zero-order chi connectivity index (χ0) is 20.9. The lowest BCUT2D eigenvalue weighted by Gasteiger charge is -2.09. The summed E-state index contributed by atoms with van der Waals surface area (Å²) in [5, 5.41) is 19.0. The van der Waals surface area contributed by atoms with E-state index in [9.17, 15) is 0 Å². The number of nitrogens with zero attached hydrogens (tertiary/aromatic N) is 6. The maximum Gasteiger partial charge on any atom is 0.180 e. The summed E-state index contributed by atoms with van der Waals surface area (Å²) in [6.45, 7) is 6.96. The first-order valence-electron chi connectivity index (χ1n) is 10.1. The molecule has 1 N–H and O–H groups in total. The number of tetrazole rings is 1. The molecule has 0 atom stereocenters. The van der Waals surface area contributed by atoms with E-state index in [0.29, 0.717) is 18.3 Å². The van der Waals surface area contributed by atoms with Gasteiger partial charge < -0.3 is 0 Å². The Kier molecular flexibility index (Phi) is 5.79. The van der Waals surface area contributed by atoms with Crippen LogP contribution < -0.4 is 0 Å². The number of allylic oxidation sites excluding steroid dienone is 2. The maximum atomic E-state index is 4.73. The number of hydrogen-bond donors (Lipinski definition) is 1. The molecule has 0 aliphatic rings. The second-order valence-electron chi connectivity index (χ2n) is 7.46. The van der Waals surface area contributed by atoms with E-state index in [2.05, 4.69) is 70.9 Å². The molecular formula is C23H25N7. The van der Waals surface area contributed by atoms with Crippen LogP contribution in [0.2, 0.25) is 0 Å². The number of nitrogens with one attached hydrogen (secondary N) is 1. The predicted molar refractivity (Wildman–Crippen MR) is 117 cm³/mol. The lowest BCUT2D eigenvalue weighted by Crippen LogP contribution is -2.06. The van der Waals surface area contributed by atoms with Crippen molar-refractivity contribution < 1.29 is 0 Å². The van der Waals surface area contributed by atoms with Gasteiger partial charge in [0.2, 0.25) is 0 Å². The zero-order valence-corrected chi connectivity index (χ0v) is 17.4. The Morgan fingerprint density at radius 3 is 2.47 bits per heavy atom. The van der Waals surface area contributed by atoms with Crippen molar-refractivity contribution in [3.05, 3.63) is 77.9 Å². The van der Waals surface area contributed by atoms with Gasteiger partial charge >= 0.3 is 0 Å². The van der Waals surface area contributed by atoms with Crippen LogP contribution >= 0.6 is 0 Å². The van der Waals surface area contributed by atoms with Crippen LogP contribution in [0.3, 0.4) is 0 Å². The highest BCUT2D eigenvalue weighted by Gasteiger charge is 2.13. The van der Waals surface area contributed by atoms with Crippen molar-refractivity contribution in [1.82, 2.24) is 35.4 Å². The average Bonchev–Trinajstić information content (AvgIpc) is 3.43. The highest BCUT2D eigenvalue weighted by atomic mass is 15.5. The molecule has 0 saturated heterocycles. The molecule has 0 amide bonds. The summed E-state index contributed by atoms with van der Waals surface area (Å²) < 4.78 is 2.01. The third-order valence-electron chi connectivity index (χ3n) is 4.94. The van der Waals surface area contributed by atoms with Gasteiger partial charge in [-0.1, -0.05) is 74.5 Å². The normalized spacial score (nSPS) is 11.6. The quantitative estimate of drug-likeness (QED) is 0.465. The van der Waals surface area contributed by atoms with Crippen LogP contribution in [0.1, 0.15) is 43.9 Å². The second kappa shape index (κ2) is 8.82. The van der Waals surface area contributed by atoms with Gasteiger partial charge in [-0.3, -0.25) is 0 Å². The van der Waals surface area contributed by atoms with Gasteiger partial charge in [0.25, 0.3) is 0 Å². The Morgan fingerprint density at radius 2 is 1.80 bits per heavy atom. The Bertz CT molecular complexity index is 1120. The van der Waals surface area contributed by atoms with Gasteiger partial charge in [-0.05, 0) is 34.0 Å². The van der Waals surface area contributed by atoms with Crippen LogP contribution in [-0.2, 0) is 13.0 Å². The molecule has 0 aliphatic heterocycles. The van der Waals surface area contributed by atoms with Gasteiger partial charge in [0.1, 0.15) is 5.82 Å². The van der Waals surface area contributed by atoms with Crippen LogP contribution in [0, 0.1) is 0 Å². The number of aromatic nitrogens is 7. The van der Waals surface area contributed by atoms with Crippen LogP contribution in [0.5, 0.6) is 0 Å². The number of aromatic amines is 1. The molecule has 0 bridgehead atoms. The fourth-order valence-electron chi connectivity index (χ4n) is 3.32. The lowest BCUT2D eigenvalue weighted by atomic mass is 9.98. The van der Waals surface area contributed by atoms with Crippen molar-refractivity contribution in [2.45, 2.75) is 39.7 Å². The first-order valence-corrected chi connectivity index (χ1v) is 10.1. The Morgan fingerprint density at radius 1 is 1.03 bits per heavy atom. The molecule has 0 spiro atoms. The molecule has 0 saturated carbocycles. The lowest BCUT2D eigenvalue weighted by molar-refractivity contribution is 0.634. The standard InChI is InChI=1S/C23H25N7/c1-4-5-10-21-24-22(16(2)3)27-30(21)15-17-11-13-18(14-12-17)19-8-6-7-9-20(19)23-25-28-29-26-23/h4-9,11-14,16H,10,15H2,1-3H3,(H,25,26,28,29)/b5-4+. The average molecular weight is 400 g/mol. The van der Waals surface area contributed by atoms with Crippen molar-refractivity contribution in [3.8, 4) is 22.5 Å². The monoisotopic (exact) mass is 399 g/mol. The number of hydrogen-bond acceptors (Lipinski definition) is 5. The van der Waals surface area contributed by atoms with E-state index in [1.807, 2.05) is 35.9 Å². The summed E-state index contributed by atoms with van der Waals surface area (Å²) in [4.78, 5) is 4.73. The molecule has 2 aromatic carbocycles. The third kappa shape index (κ3) is 4.20. The van der Waals surface area contributed by atoms with Crippen LogP contribution in [0.4, 0.5) is 0 Å². The fraction of sp³-hybridized carbons (Fsp3) is 0.261. The number of benzene rings is 2. The SMILES string of the molecule is C/C=C/Cc1nc(C(C)C)nn1Cc1ccc(-c2ccccc2-c2nnn[nH]2)cc1. The van der Waals surface area contributed by atoms with E-state index >= 15 is 0 Å². The summed E-state index contributed by atoms with van der Waals surface area (Å²) in [6, 6.07) is 16.6. The largest absolute Gasteiger partial charge is 0.245 e. The molecule has 0 unspecified atom stereocenters. The highest BCUT2D eigenvalue weighted by Crippen LogP contribution is 2.29. The van der Waals surface area contributed by atoms with Gasteiger partial charge in [-0.25, -0.2) is 14.8 Å². The minimum absolute atomic E-state index is 0.306. The fourth-order valence-corrected chi connectivity index (χ4v) is 3.32. The molecule has 7 nitrogen and oxygen atoms in total. The molecular weight excluding hydrogens is 374 g/mol. The molecule has 7 heteroatoms. The molecule has 0 radical (unpaired) electrons. The smallest absolute Gasteiger partial charge is 0.180 e. The van der Waals surface area contributed by atoms with Crippen molar-refractivity contribution >= 4 is 0 Å². The van der Waals surface area contributed by atoms with E-state index in [1.165, 1.54) is 5.56 Å². The summed E-state index contributed by atoms with van der Waals surface area (Å²) >= 11 is 0. The molecule has 4 aromatic rings. The minimum Gasteiger partial charge on any atom is -0.245 e. The number of H-pyrrole nitrogens is 1. The van der Waals surface area contributed by atoms with E-state index < -0.39 is 0 Å². The van der Waals surface area contributed by atoms with E-state index in [-0.39, 0.29) is 0 Å². The molecule has 2 heterocycles. The molecule has 30 heavy (non-hydrogen) atoms. The summed E-state index contributed by atoms with van der Waals surface area (Å²) in [7, 11) is 0. The predicted octanol–water partition coefficient (Wildman–Crippen LogP) is 4.42. The second-order valence-corrected chi connectivity index (χ2v) is 7.46. The maximum absolute atomic E-state index is 4.73. The van der Waals surface area contributed by atoms with Gasteiger partial charge in [-0.2, -0.15) is 5.10 Å². The van der Waals surface area contributed by atoms with E-state index in [1.54, 1.807) is 0 Å². The summed E-state index contributed by atoms with van der Waals surface area (Å²) in [5.41, 5.74) is 4.35. The Balaban J connectivity index is 1.60. The Hall–Kier alpha value is -3.61. The summed E-state index contributed by atoms with van der Waals surface area (Å²) in [5.74, 6) is 2.84. The van der Waals surface area contributed by atoms with Crippen molar-refractivity contribution in [2.75, 3.05) is 0 Å². The van der Waals surface area contributed by atoms with Gasteiger partial charge in [-0.15, -0.1) is 5.10 Å². The van der Waals surface area contributed by atoms with Crippen LogP contribution in [-0.4, -0.2) is 35.4 Å². The topological polar surface area (TPSA) is 85.2 Å². The third-order valence-corrected chi connectivity index (χ3v) is 4.94. The van der Waals surface area contributed by atoms with Crippen molar-refractivity contribution in [2.24, 2.45) is 0 Å². The van der Waals surface area contributed by atoms with E-state index in [4.69, 9.17) is 10.1 Å². The Labute approximate surface area is 175 Å². The van der Waals surface area contributed by atoms with Gasteiger partial charge in [0, 0.05) is 17.9 Å². The van der Waals surface area contributed by atoms with Crippen LogP contribution in [0.15, 0.2) is 60.7 Å². The first-order chi connectivity index (χ1) is 14.7. The van der Waals surface area contributed by atoms with Gasteiger partial charge in [0.15, 0.2) is 11.6 Å². The van der Waals surface area contributed by atoms with Gasteiger partial charge in [0.05, 0.1) is 6.54 Å². The highest BCUT2D eigenvalue weighted by molar-refractivity contribution is 5.80. The molecule has 4 rings (SSSR count).